The first-order valence-corrected chi connectivity index (χ1v) is 5.77. The number of carbonyl (C=O) groups is 1. The number of nitrogens with zero attached hydrogens (tertiary/aromatic N) is 3. The van der Waals surface area contributed by atoms with Crippen LogP contribution in [0.15, 0.2) is 24.4 Å². The number of aryl methyl sites for hydroxylation is 3. The van der Waals surface area contributed by atoms with Gasteiger partial charge in [-0.05, 0) is 36.5 Å². The van der Waals surface area contributed by atoms with Gasteiger partial charge in [-0.25, -0.2) is 4.68 Å². The summed E-state index contributed by atoms with van der Waals surface area (Å²) < 4.78 is 1.51. The molecule has 1 aromatic heterocycles. The number of carbonyl (C=O) groups excluding carboxylic acids is 1. The fraction of sp³-hybridized carbons (Fsp3) is 0.308. The zero-order valence-corrected chi connectivity index (χ0v) is 9.68. The van der Waals surface area contributed by atoms with Crippen molar-refractivity contribution in [3.63, 3.8) is 0 Å². The molecule has 1 aliphatic rings. The molecular weight excluding hydrogens is 214 g/mol. The Morgan fingerprint density at radius 1 is 1.29 bits per heavy atom. The van der Waals surface area contributed by atoms with Gasteiger partial charge in [0.2, 0.25) is 5.78 Å². The monoisotopic (exact) mass is 227 g/mol. The molecule has 3 rings (SSSR count). The summed E-state index contributed by atoms with van der Waals surface area (Å²) in [5.41, 5.74) is 3.95. The molecule has 1 aromatic carbocycles. The lowest BCUT2D eigenvalue weighted by Gasteiger charge is -2.04. The Labute approximate surface area is 99.3 Å². The summed E-state index contributed by atoms with van der Waals surface area (Å²) in [6, 6.07) is 5.98. The van der Waals surface area contributed by atoms with E-state index < -0.39 is 0 Å². The zero-order valence-electron chi connectivity index (χ0n) is 9.68. The topological polar surface area (TPSA) is 47.8 Å². The zero-order chi connectivity index (χ0) is 11.8. The third-order valence-corrected chi connectivity index (χ3v) is 3.31. The molecule has 0 spiro atoms. The highest BCUT2D eigenvalue weighted by atomic mass is 16.1. The van der Waals surface area contributed by atoms with Crippen LogP contribution in [0.1, 0.15) is 33.6 Å². The molecule has 2 aromatic rings. The Morgan fingerprint density at radius 3 is 2.88 bits per heavy atom. The smallest absolute Gasteiger partial charge is 0.212 e. The normalized spacial score (nSPS) is 13.7. The molecule has 0 saturated heterocycles. The van der Waals surface area contributed by atoms with Crippen molar-refractivity contribution in [1.29, 1.82) is 0 Å². The molecule has 4 heteroatoms. The average molecular weight is 227 g/mol. The molecule has 86 valence electrons. The Hall–Kier alpha value is -1.97. The number of benzene rings is 1. The van der Waals surface area contributed by atoms with Gasteiger partial charge in [0, 0.05) is 12.6 Å². The van der Waals surface area contributed by atoms with Gasteiger partial charge in [0.05, 0.1) is 6.20 Å². The largest absolute Gasteiger partial charge is 0.287 e. The first-order chi connectivity index (χ1) is 8.25. The van der Waals surface area contributed by atoms with Crippen LogP contribution in [-0.2, 0) is 19.9 Å². The van der Waals surface area contributed by atoms with E-state index in [1.807, 2.05) is 12.1 Å². The van der Waals surface area contributed by atoms with Crippen molar-refractivity contribution in [2.45, 2.75) is 19.3 Å². The SMILES string of the molecule is Cn1nncc1C(=O)c1ccc2c(c1)CCC2. The lowest BCUT2D eigenvalue weighted by atomic mass is 10.0. The molecule has 0 saturated carbocycles. The number of hydrogen-bond donors (Lipinski definition) is 0. The van der Waals surface area contributed by atoms with Gasteiger partial charge in [-0.15, -0.1) is 5.10 Å². The van der Waals surface area contributed by atoms with Gasteiger partial charge in [0.25, 0.3) is 0 Å². The highest BCUT2D eigenvalue weighted by molar-refractivity contribution is 6.07. The van der Waals surface area contributed by atoms with Gasteiger partial charge in [-0.3, -0.25) is 4.79 Å². The molecule has 0 bridgehead atoms. The predicted molar refractivity (Wildman–Crippen MR) is 62.9 cm³/mol. The lowest BCUT2D eigenvalue weighted by Crippen LogP contribution is -2.08. The summed E-state index contributed by atoms with van der Waals surface area (Å²) in [6.45, 7) is 0. The molecule has 0 atom stereocenters. The van der Waals surface area contributed by atoms with Crippen molar-refractivity contribution >= 4 is 5.78 Å². The van der Waals surface area contributed by atoms with Crippen molar-refractivity contribution in [2.75, 3.05) is 0 Å². The minimum atomic E-state index is -0.00722. The van der Waals surface area contributed by atoms with Crippen LogP contribution >= 0.6 is 0 Å². The van der Waals surface area contributed by atoms with Crippen LogP contribution in [-0.4, -0.2) is 20.8 Å². The van der Waals surface area contributed by atoms with Gasteiger partial charge in [0.15, 0.2) is 0 Å². The second-order valence-electron chi connectivity index (χ2n) is 4.41. The average Bonchev–Trinajstić information content (AvgIpc) is 2.95. The quantitative estimate of drug-likeness (QED) is 0.731. The number of ketones is 1. The van der Waals surface area contributed by atoms with Crippen LogP contribution < -0.4 is 0 Å². The molecule has 0 amide bonds. The Balaban J connectivity index is 2.00. The third-order valence-electron chi connectivity index (χ3n) is 3.31. The molecule has 0 aliphatic heterocycles. The number of rotatable bonds is 2. The fourth-order valence-electron chi connectivity index (χ4n) is 2.36. The summed E-state index contributed by atoms with van der Waals surface area (Å²) in [6.07, 6.45) is 4.92. The third kappa shape index (κ3) is 1.65. The van der Waals surface area contributed by atoms with E-state index in [0.29, 0.717) is 5.69 Å². The van der Waals surface area contributed by atoms with E-state index in [2.05, 4.69) is 16.4 Å². The van der Waals surface area contributed by atoms with Crippen molar-refractivity contribution in [3.8, 4) is 0 Å². The van der Waals surface area contributed by atoms with E-state index in [4.69, 9.17) is 0 Å². The molecule has 0 unspecified atom stereocenters. The van der Waals surface area contributed by atoms with Crippen LogP contribution in [0.5, 0.6) is 0 Å². The van der Waals surface area contributed by atoms with E-state index >= 15 is 0 Å². The number of hydrogen-bond acceptors (Lipinski definition) is 3. The van der Waals surface area contributed by atoms with Crippen molar-refractivity contribution in [2.24, 2.45) is 7.05 Å². The summed E-state index contributed by atoms with van der Waals surface area (Å²) in [5.74, 6) is -0.00722. The summed E-state index contributed by atoms with van der Waals surface area (Å²) >= 11 is 0. The molecule has 0 fully saturated rings. The summed E-state index contributed by atoms with van der Waals surface area (Å²) in [5, 5.41) is 7.51. The minimum Gasteiger partial charge on any atom is -0.287 e. The molecule has 4 nitrogen and oxygen atoms in total. The van der Waals surface area contributed by atoms with E-state index in [-0.39, 0.29) is 5.78 Å². The lowest BCUT2D eigenvalue weighted by molar-refractivity contribution is 0.103. The van der Waals surface area contributed by atoms with Crippen molar-refractivity contribution in [1.82, 2.24) is 15.0 Å². The van der Waals surface area contributed by atoms with Gasteiger partial charge in [-0.1, -0.05) is 17.3 Å². The molecule has 0 N–H and O–H groups in total. The Bertz CT molecular complexity index is 586. The summed E-state index contributed by atoms with van der Waals surface area (Å²) in [7, 11) is 1.73. The maximum atomic E-state index is 12.2. The fourth-order valence-corrected chi connectivity index (χ4v) is 2.36. The second kappa shape index (κ2) is 3.80. The van der Waals surface area contributed by atoms with Gasteiger partial charge in [-0.2, -0.15) is 0 Å². The highest BCUT2D eigenvalue weighted by Gasteiger charge is 2.17. The van der Waals surface area contributed by atoms with E-state index in [1.54, 1.807) is 7.05 Å². The van der Waals surface area contributed by atoms with E-state index in [1.165, 1.54) is 28.4 Å². The van der Waals surface area contributed by atoms with Gasteiger partial charge >= 0.3 is 0 Å². The maximum absolute atomic E-state index is 12.2. The Kier molecular flexibility index (Phi) is 2.28. The minimum absolute atomic E-state index is 0.00722. The predicted octanol–water partition coefficient (Wildman–Crippen LogP) is 1.53. The molecule has 0 radical (unpaired) electrons. The van der Waals surface area contributed by atoms with Crippen LogP contribution in [0, 0.1) is 0 Å². The molecule has 1 aliphatic carbocycles. The van der Waals surface area contributed by atoms with Crippen LogP contribution in [0.2, 0.25) is 0 Å². The van der Waals surface area contributed by atoms with Gasteiger partial charge in [0.1, 0.15) is 5.69 Å². The number of aromatic nitrogens is 3. The van der Waals surface area contributed by atoms with Gasteiger partial charge < -0.3 is 0 Å². The molecular formula is C13H13N3O. The van der Waals surface area contributed by atoms with E-state index in [0.717, 1.165) is 18.4 Å². The van der Waals surface area contributed by atoms with Crippen LogP contribution in [0.3, 0.4) is 0 Å². The summed E-state index contributed by atoms with van der Waals surface area (Å²) in [4.78, 5) is 12.2. The van der Waals surface area contributed by atoms with Crippen LogP contribution in [0.25, 0.3) is 0 Å². The molecule has 1 heterocycles. The first kappa shape index (κ1) is 10.2. The second-order valence-corrected chi connectivity index (χ2v) is 4.41. The van der Waals surface area contributed by atoms with Crippen molar-refractivity contribution < 1.29 is 4.79 Å². The number of fused-ring (bicyclic) bond motifs is 1. The standard InChI is InChI=1S/C13H13N3O/c1-16-12(8-14-15-16)13(17)11-6-5-9-3-2-4-10(9)7-11/h5-8H,2-4H2,1H3. The Morgan fingerprint density at radius 2 is 2.12 bits per heavy atom. The van der Waals surface area contributed by atoms with E-state index in [9.17, 15) is 4.79 Å². The molecule has 17 heavy (non-hydrogen) atoms. The van der Waals surface area contributed by atoms with Crippen LogP contribution in [0.4, 0.5) is 0 Å². The maximum Gasteiger partial charge on any atom is 0.212 e. The van der Waals surface area contributed by atoms with Crippen molar-refractivity contribution in [3.05, 3.63) is 46.8 Å². The highest BCUT2D eigenvalue weighted by Crippen LogP contribution is 2.23. The first-order valence-electron chi connectivity index (χ1n) is 5.77.